The molecule has 0 bridgehead atoms. The summed E-state index contributed by atoms with van der Waals surface area (Å²) >= 11 is 0. The normalized spacial score (nSPS) is 27.0. The van der Waals surface area contributed by atoms with E-state index in [4.69, 9.17) is 9.47 Å². The predicted molar refractivity (Wildman–Crippen MR) is 71.4 cm³/mol. The molecule has 102 valence electrons. The quantitative estimate of drug-likeness (QED) is 0.711. The highest BCUT2D eigenvalue weighted by Crippen LogP contribution is 2.22. The lowest BCUT2D eigenvalue weighted by Crippen LogP contribution is -2.45. The van der Waals surface area contributed by atoms with Gasteiger partial charge in [-0.3, -0.25) is 0 Å². The van der Waals surface area contributed by atoms with E-state index in [1.165, 1.54) is 32.1 Å². The Morgan fingerprint density at radius 1 is 1.24 bits per heavy atom. The van der Waals surface area contributed by atoms with Crippen LogP contribution >= 0.6 is 0 Å². The molecule has 0 spiro atoms. The lowest BCUT2D eigenvalue weighted by atomic mass is 9.92. The van der Waals surface area contributed by atoms with Crippen molar-refractivity contribution in [1.29, 1.82) is 0 Å². The van der Waals surface area contributed by atoms with Crippen LogP contribution in [0.3, 0.4) is 0 Å². The van der Waals surface area contributed by atoms with E-state index >= 15 is 0 Å². The summed E-state index contributed by atoms with van der Waals surface area (Å²) in [4.78, 5) is 0. The van der Waals surface area contributed by atoms with Gasteiger partial charge >= 0.3 is 0 Å². The van der Waals surface area contributed by atoms with Crippen molar-refractivity contribution in [2.24, 2.45) is 0 Å². The molecule has 0 aromatic carbocycles. The molecule has 0 radical (unpaired) electrons. The van der Waals surface area contributed by atoms with Crippen LogP contribution in [-0.4, -0.2) is 38.0 Å². The van der Waals surface area contributed by atoms with Crippen LogP contribution in [0, 0.1) is 0 Å². The molecule has 0 aromatic heterocycles. The largest absolute Gasteiger partial charge is 0.379 e. The van der Waals surface area contributed by atoms with Crippen molar-refractivity contribution in [1.82, 2.24) is 5.32 Å². The molecular formula is C14H29NO2. The van der Waals surface area contributed by atoms with Crippen molar-refractivity contribution in [2.45, 2.75) is 71.1 Å². The van der Waals surface area contributed by atoms with Crippen molar-refractivity contribution in [3.8, 4) is 0 Å². The van der Waals surface area contributed by atoms with Gasteiger partial charge in [0.1, 0.15) is 0 Å². The van der Waals surface area contributed by atoms with Gasteiger partial charge in [0.2, 0.25) is 0 Å². The van der Waals surface area contributed by atoms with Gasteiger partial charge in [-0.2, -0.15) is 0 Å². The van der Waals surface area contributed by atoms with Gasteiger partial charge in [0.25, 0.3) is 0 Å². The maximum Gasteiger partial charge on any atom is 0.0785 e. The zero-order valence-electron chi connectivity index (χ0n) is 11.7. The molecule has 1 aliphatic carbocycles. The van der Waals surface area contributed by atoms with Crippen molar-refractivity contribution in [2.75, 3.05) is 19.8 Å². The fraction of sp³-hybridized carbons (Fsp3) is 1.00. The van der Waals surface area contributed by atoms with Gasteiger partial charge in [0, 0.05) is 12.6 Å². The van der Waals surface area contributed by atoms with Crippen LogP contribution in [-0.2, 0) is 9.47 Å². The zero-order chi connectivity index (χ0) is 12.5. The number of ether oxygens (including phenoxy) is 2. The smallest absolute Gasteiger partial charge is 0.0785 e. The van der Waals surface area contributed by atoms with Gasteiger partial charge in [-0.05, 0) is 39.7 Å². The lowest BCUT2D eigenvalue weighted by molar-refractivity contribution is -0.0705. The Morgan fingerprint density at radius 3 is 2.71 bits per heavy atom. The second-order valence-electron chi connectivity index (χ2n) is 4.99. The van der Waals surface area contributed by atoms with Crippen LogP contribution in [0.5, 0.6) is 0 Å². The summed E-state index contributed by atoms with van der Waals surface area (Å²) in [6.45, 7) is 8.94. The van der Waals surface area contributed by atoms with Crippen LogP contribution in [0.25, 0.3) is 0 Å². The van der Waals surface area contributed by atoms with Gasteiger partial charge in [0.05, 0.1) is 18.8 Å². The third kappa shape index (κ3) is 5.84. The van der Waals surface area contributed by atoms with E-state index in [0.717, 1.165) is 13.2 Å². The van der Waals surface area contributed by atoms with Gasteiger partial charge in [0.15, 0.2) is 0 Å². The monoisotopic (exact) mass is 243 g/mol. The first-order valence-corrected chi connectivity index (χ1v) is 7.24. The van der Waals surface area contributed by atoms with Crippen molar-refractivity contribution >= 4 is 0 Å². The first-order valence-electron chi connectivity index (χ1n) is 7.24. The topological polar surface area (TPSA) is 30.5 Å². The molecule has 3 atom stereocenters. The Hall–Kier alpha value is -0.120. The van der Waals surface area contributed by atoms with Gasteiger partial charge in [-0.25, -0.2) is 0 Å². The Labute approximate surface area is 106 Å². The van der Waals surface area contributed by atoms with Crippen LogP contribution in [0.1, 0.15) is 52.9 Å². The molecule has 17 heavy (non-hydrogen) atoms. The Kier molecular flexibility index (Phi) is 7.82. The predicted octanol–water partition coefficient (Wildman–Crippen LogP) is 2.74. The summed E-state index contributed by atoms with van der Waals surface area (Å²) in [5.41, 5.74) is 0. The second-order valence-corrected chi connectivity index (χ2v) is 4.99. The minimum atomic E-state index is 0.212. The molecule has 0 saturated heterocycles. The van der Waals surface area contributed by atoms with Crippen LogP contribution < -0.4 is 5.32 Å². The first-order chi connectivity index (χ1) is 8.27. The average Bonchev–Trinajstić information content (AvgIpc) is 2.35. The Balaban J connectivity index is 2.30. The zero-order valence-corrected chi connectivity index (χ0v) is 11.7. The average molecular weight is 243 g/mol. The fourth-order valence-corrected chi connectivity index (χ4v) is 2.44. The highest BCUT2D eigenvalue weighted by Gasteiger charge is 2.26. The van der Waals surface area contributed by atoms with Crippen LogP contribution in [0.2, 0.25) is 0 Å². The molecular weight excluding hydrogens is 214 g/mol. The molecule has 3 heteroatoms. The highest BCUT2D eigenvalue weighted by atomic mass is 16.5. The summed E-state index contributed by atoms with van der Waals surface area (Å²) in [5, 5.41) is 3.62. The standard InChI is InChI=1S/C14H29NO2/c1-4-10-15-13-8-6-7-9-14(13)17-12(3)11-16-5-2/h12-15H,4-11H2,1-3H3. The summed E-state index contributed by atoms with van der Waals surface area (Å²) in [6, 6.07) is 0.549. The van der Waals surface area contributed by atoms with E-state index in [0.29, 0.717) is 18.8 Å². The van der Waals surface area contributed by atoms with E-state index in [9.17, 15) is 0 Å². The molecule has 1 saturated carbocycles. The Bertz CT molecular complexity index is 187. The van der Waals surface area contributed by atoms with E-state index in [2.05, 4.69) is 19.2 Å². The van der Waals surface area contributed by atoms with E-state index in [1.807, 2.05) is 6.92 Å². The number of rotatable bonds is 8. The first kappa shape index (κ1) is 14.9. The fourth-order valence-electron chi connectivity index (χ4n) is 2.44. The van der Waals surface area contributed by atoms with Gasteiger partial charge < -0.3 is 14.8 Å². The van der Waals surface area contributed by atoms with Crippen molar-refractivity contribution in [3.05, 3.63) is 0 Å². The number of nitrogens with one attached hydrogen (secondary N) is 1. The molecule has 0 amide bonds. The molecule has 1 fully saturated rings. The summed E-state index contributed by atoms with van der Waals surface area (Å²) < 4.78 is 11.5. The van der Waals surface area contributed by atoms with Gasteiger partial charge in [-0.1, -0.05) is 19.8 Å². The molecule has 1 aliphatic rings. The Morgan fingerprint density at radius 2 is 2.00 bits per heavy atom. The van der Waals surface area contributed by atoms with Crippen molar-refractivity contribution < 1.29 is 9.47 Å². The molecule has 1 rings (SSSR count). The molecule has 1 N–H and O–H groups in total. The third-order valence-corrected chi connectivity index (χ3v) is 3.32. The SMILES string of the molecule is CCCNC1CCCCC1OC(C)COCC. The lowest BCUT2D eigenvalue weighted by Gasteiger charge is -2.34. The molecule has 3 nitrogen and oxygen atoms in total. The number of hydrogen-bond acceptors (Lipinski definition) is 3. The summed E-state index contributed by atoms with van der Waals surface area (Å²) in [6.07, 6.45) is 6.87. The molecule has 3 unspecified atom stereocenters. The summed E-state index contributed by atoms with van der Waals surface area (Å²) in [5.74, 6) is 0. The third-order valence-electron chi connectivity index (χ3n) is 3.32. The van der Waals surface area contributed by atoms with Crippen LogP contribution in [0.4, 0.5) is 0 Å². The molecule has 0 aliphatic heterocycles. The van der Waals surface area contributed by atoms with Crippen LogP contribution in [0.15, 0.2) is 0 Å². The summed E-state index contributed by atoms with van der Waals surface area (Å²) in [7, 11) is 0. The maximum absolute atomic E-state index is 6.12. The van der Waals surface area contributed by atoms with E-state index in [1.54, 1.807) is 0 Å². The molecule has 0 heterocycles. The van der Waals surface area contributed by atoms with E-state index < -0.39 is 0 Å². The van der Waals surface area contributed by atoms with E-state index in [-0.39, 0.29) is 6.10 Å². The van der Waals surface area contributed by atoms with Gasteiger partial charge in [-0.15, -0.1) is 0 Å². The second kappa shape index (κ2) is 8.90. The maximum atomic E-state index is 6.12. The minimum absolute atomic E-state index is 0.212. The highest BCUT2D eigenvalue weighted by molar-refractivity contribution is 4.82. The van der Waals surface area contributed by atoms with Crippen molar-refractivity contribution in [3.63, 3.8) is 0 Å². The number of hydrogen-bond donors (Lipinski definition) is 1. The molecule has 0 aromatic rings. The minimum Gasteiger partial charge on any atom is -0.379 e.